The number of carbonyl (C=O) groups excluding carboxylic acids is 3. The van der Waals surface area contributed by atoms with Gasteiger partial charge >= 0.3 is 0 Å². The van der Waals surface area contributed by atoms with E-state index in [0.717, 1.165) is 4.90 Å². The second kappa shape index (κ2) is 15.9. The average molecular weight is 659 g/mol. The van der Waals surface area contributed by atoms with Crippen molar-refractivity contribution in [2.75, 3.05) is 17.2 Å². The maximum atomic E-state index is 13.6. The number of thioether (sulfide) groups is 1. The standard InChI is InChI=1S/C34H34N4O6S2/c1-3-31(34(41)36-25-17-19-28(20-18-25)46(35,42)43)45-27-15-10-14-26(22-27)37-33(40)29(38-32(39)23-11-6-5-7-12-23)21-24-13-8-9-16-30(24)44-4-2/h5-22,31H,3-4H2,1-2H3,(H,36,41)(H,37,40)(H,38,39)(H2,35,42,43)/b29-21+. The lowest BCUT2D eigenvalue weighted by atomic mass is 10.1. The summed E-state index contributed by atoms with van der Waals surface area (Å²) in [6.45, 7) is 4.16. The number of carbonyl (C=O) groups is 3. The van der Waals surface area contributed by atoms with Crippen LogP contribution in [0.3, 0.4) is 0 Å². The molecule has 1 atom stereocenters. The Kier molecular flexibility index (Phi) is 11.7. The van der Waals surface area contributed by atoms with Crippen molar-refractivity contribution < 1.29 is 27.5 Å². The molecule has 0 bridgehead atoms. The van der Waals surface area contributed by atoms with Crippen LogP contribution in [0.4, 0.5) is 11.4 Å². The average Bonchev–Trinajstić information content (AvgIpc) is 3.04. The van der Waals surface area contributed by atoms with Gasteiger partial charge in [0.2, 0.25) is 15.9 Å². The predicted octanol–water partition coefficient (Wildman–Crippen LogP) is 5.65. The van der Waals surface area contributed by atoms with Crippen molar-refractivity contribution in [2.45, 2.75) is 35.3 Å². The summed E-state index contributed by atoms with van der Waals surface area (Å²) < 4.78 is 28.7. The molecule has 4 rings (SSSR count). The molecule has 0 radical (unpaired) electrons. The lowest BCUT2D eigenvalue weighted by Crippen LogP contribution is -2.30. The van der Waals surface area contributed by atoms with Gasteiger partial charge in [-0.1, -0.05) is 49.4 Å². The summed E-state index contributed by atoms with van der Waals surface area (Å²) in [5.41, 5.74) is 1.91. The minimum absolute atomic E-state index is 0.0123. The lowest BCUT2D eigenvalue weighted by molar-refractivity contribution is -0.116. The normalized spacial score (nSPS) is 12.1. The van der Waals surface area contributed by atoms with Crippen LogP contribution >= 0.6 is 11.8 Å². The second-order valence-corrected chi connectivity index (χ2v) is 12.7. The van der Waals surface area contributed by atoms with Crippen molar-refractivity contribution in [3.05, 3.63) is 120 Å². The molecular formula is C34H34N4O6S2. The summed E-state index contributed by atoms with van der Waals surface area (Å²) in [4.78, 5) is 40.3. The summed E-state index contributed by atoms with van der Waals surface area (Å²) in [7, 11) is -3.84. The quantitative estimate of drug-likeness (QED) is 0.107. The van der Waals surface area contributed by atoms with Crippen LogP contribution in [-0.2, 0) is 19.6 Å². The van der Waals surface area contributed by atoms with E-state index in [4.69, 9.17) is 9.88 Å². The molecule has 0 aliphatic heterocycles. The number of nitrogens with two attached hydrogens (primary N) is 1. The number of hydrogen-bond acceptors (Lipinski definition) is 7. The van der Waals surface area contributed by atoms with E-state index in [1.807, 2.05) is 32.0 Å². The third-order valence-corrected chi connectivity index (χ3v) is 8.82. The van der Waals surface area contributed by atoms with E-state index >= 15 is 0 Å². The van der Waals surface area contributed by atoms with Crippen LogP contribution in [0.2, 0.25) is 0 Å². The Bertz CT molecular complexity index is 1830. The number of ether oxygens (including phenoxy) is 1. The topological polar surface area (TPSA) is 157 Å². The fourth-order valence-corrected chi connectivity index (χ4v) is 5.80. The van der Waals surface area contributed by atoms with E-state index in [9.17, 15) is 22.8 Å². The number of rotatable bonds is 13. The molecule has 1 unspecified atom stereocenters. The molecule has 3 amide bonds. The molecule has 4 aromatic carbocycles. The van der Waals surface area contributed by atoms with Crippen molar-refractivity contribution >= 4 is 57.0 Å². The Hall–Kier alpha value is -4.91. The fourth-order valence-electron chi connectivity index (χ4n) is 4.27. The van der Waals surface area contributed by atoms with Crippen molar-refractivity contribution in [2.24, 2.45) is 5.14 Å². The van der Waals surface area contributed by atoms with Gasteiger partial charge in [-0.15, -0.1) is 11.8 Å². The molecule has 0 fully saturated rings. The highest BCUT2D eigenvalue weighted by Crippen LogP contribution is 2.29. The van der Waals surface area contributed by atoms with Crippen LogP contribution in [0.15, 0.2) is 119 Å². The van der Waals surface area contributed by atoms with Crippen molar-refractivity contribution in [3.8, 4) is 5.75 Å². The molecule has 0 spiro atoms. The van der Waals surface area contributed by atoms with Crippen molar-refractivity contribution in [1.82, 2.24) is 5.32 Å². The zero-order chi connectivity index (χ0) is 33.1. The Balaban J connectivity index is 1.51. The van der Waals surface area contributed by atoms with Crippen LogP contribution < -0.4 is 25.8 Å². The number of amides is 3. The molecule has 0 aliphatic rings. The molecule has 10 nitrogen and oxygen atoms in total. The molecular weight excluding hydrogens is 625 g/mol. The monoisotopic (exact) mass is 658 g/mol. The van der Waals surface area contributed by atoms with Gasteiger partial charge in [-0.25, -0.2) is 13.6 Å². The van der Waals surface area contributed by atoms with E-state index in [0.29, 0.717) is 41.3 Å². The number of benzene rings is 4. The molecule has 0 saturated carbocycles. The first-order chi connectivity index (χ1) is 22.1. The van der Waals surface area contributed by atoms with E-state index in [-0.39, 0.29) is 16.5 Å². The second-order valence-electron chi connectivity index (χ2n) is 9.90. The molecule has 0 saturated heterocycles. The molecule has 0 aliphatic carbocycles. The minimum Gasteiger partial charge on any atom is -0.493 e. The number of anilines is 2. The van der Waals surface area contributed by atoms with Gasteiger partial charge in [0.1, 0.15) is 11.4 Å². The molecule has 5 N–H and O–H groups in total. The number of sulfonamides is 1. The Morgan fingerprint density at radius 1 is 0.848 bits per heavy atom. The summed E-state index contributed by atoms with van der Waals surface area (Å²) in [5.74, 6) is -0.708. The Morgan fingerprint density at radius 2 is 1.54 bits per heavy atom. The van der Waals surface area contributed by atoms with Gasteiger partial charge < -0.3 is 20.7 Å². The third-order valence-electron chi connectivity index (χ3n) is 6.53. The molecule has 238 valence electrons. The van der Waals surface area contributed by atoms with Gasteiger partial charge in [-0.05, 0) is 80.1 Å². The van der Waals surface area contributed by atoms with Crippen LogP contribution in [0, 0.1) is 0 Å². The first-order valence-corrected chi connectivity index (χ1v) is 16.8. The Morgan fingerprint density at radius 3 is 2.22 bits per heavy atom. The van der Waals surface area contributed by atoms with E-state index in [1.165, 1.54) is 36.0 Å². The first-order valence-electron chi connectivity index (χ1n) is 14.4. The lowest BCUT2D eigenvalue weighted by Gasteiger charge is -2.16. The summed E-state index contributed by atoms with van der Waals surface area (Å²) in [6, 6.07) is 28.4. The van der Waals surface area contributed by atoms with Gasteiger partial charge in [0.15, 0.2) is 0 Å². The Labute approximate surface area is 272 Å². The number of para-hydroxylation sites is 1. The van der Waals surface area contributed by atoms with Gasteiger partial charge in [-0.2, -0.15) is 0 Å². The molecule has 0 aromatic heterocycles. The molecule has 4 aromatic rings. The zero-order valence-corrected chi connectivity index (χ0v) is 26.9. The van der Waals surface area contributed by atoms with Gasteiger partial charge in [0.05, 0.1) is 16.8 Å². The van der Waals surface area contributed by atoms with Crippen molar-refractivity contribution in [3.63, 3.8) is 0 Å². The van der Waals surface area contributed by atoms with Gasteiger partial charge in [0.25, 0.3) is 11.8 Å². The van der Waals surface area contributed by atoms with E-state index < -0.39 is 27.1 Å². The summed E-state index contributed by atoms with van der Waals surface area (Å²) in [5, 5.41) is 13.0. The maximum absolute atomic E-state index is 13.6. The minimum atomic E-state index is -3.84. The van der Waals surface area contributed by atoms with Crippen LogP contribution in [-0.4, -0.2) is 38.0 Å². The highest BCUT2D eigenvalue weighted by molar-refractivity contribution is 8.00. The van der Waals surface area contributed by atoms with Crippen LogP contribution in [0.1, 0.15) is 36.2 Å². The number of hydrogen-bond donors (Lipinski definition) is 4. The zero-order valence-electron chi connectivity index (χ0n) is 25.2. The highest BCUT2D eigenvalue weighted by Gasteiger charge is 2.20. The maximum Gasteiger partial charge on any atom is 0.272 e. The predicted molar refractivity (Wildman–Crippen MR) is 181 cm³/mol. The van der Waals surface area contributed by atoms with Crippen molar-refractivity contribution in [1.29, 1.82) is 0 Å². The smallest absolute Gasteiger partial charge is 0.272 e. The molecule has 46 heavy (non-hydrogen) atoms. The van der Waals surface area contributed by atoms with E-state index in [2.05, 4.69) is 16.0 Å². The SMILES string of the molecule is CCOc1ccccc1/C=C(/NC(=O)c1ccccc1)C(=O)Nc1cccc(SC(CC)C(=O)Nc2ccc(S(N)(=O)=O)cc2)c1. The summed E-state index contributed by atoms with van der Waals surface area (Å²) >= 11 is 1.31. The first kappa shape index (κ1) is 34.0. The number of primary sulfonamides is 1. The fraction of sp³-hybridized carbons (Fsp3) is 0.147. The highest BCUT2D eigenvalue weighted by atomic mass is 32.2. The largest absolute Gasteiger partial charge is 0.493 e. The van der Waals surface area contributed by atoms with Gasteiger partial charge in [0, 0.05) is 27.4 Å². The number of nitrogens with one attached hydrogen (secondary N) is 3. The molecule has 0 heterocycles. The van der Waals surface area contributed by atoms with Crippen LogP contribution in [0.5, 0.6) is 5.75 Å². The molecule has 12 heteroatoms. The third kappa shape index (κ3) is 9.54. The van der Waals surface area contributed by atoms with Crippen LogP contribution in [0.25, 0.3) is 6.08 Å². The van der Waals surface area contributed by atoms with E-state index in [1.54, 1.807) is 66.7 Å². The van der Waals surface area contributed by atoms with Gasteiger partial charge in [-0.3, -0.25) is 14.4 Å². The summed E-state index contributed by atoms with van der Waals surface area (Å²) in [6.07, 6.45) is 2.06.